The molecule has 0 bridgehead atoms. The van der Waals surface area contributed by atoms with Crippen LogP contribution in [0.3, 0.4) is 0 Å². The van der Waals surface area contributed by atoms with E-state index in [0.717, 1.165) is 29.8 Å². The van der Waals surface area contributed by atoms with Gasteiger partial charge in [0.15, 0.2) is 0 Å². The van der Waals surface area contributed by atoms with Crippen molar-refractivity contribution in [1.29, 1.82) is 0 Å². The quantitative estimate of drug-likeness (QED) is 0.797. The van der Waals surface area contributed by atoms with Crippen molar-refractivity contribution < 1.29 is 10.2 Å². The molecule has 0 saturated carbocycles. The summed E-state index contributed by atoms with van der Waals surface area (Å²) in [6, 6.07) is 4.18. The van der Waals surface area contributed by atoms with Gasteiger partial charge < -0.3 is 15.2 Å². The number of aliphatic hydroxyl groups excluding tert-OH is 2. The van der Waals surface area contributed by atoms with Gasteiger partial charge in [-0.05, 0) is 44.0 Å². The van der Waals surface area contributed by atoms with Gasteiger partial charge in [-0.15, -0.1) is 0 Å². The van der Waals surface area contributed by atoms with E-state index >= 15 is 0 Å². The van der Waals surface area contributed by atoms with Crippen molar-refractivity contribution in [3.05, 3.63) is 29.1 Å². The predicted molar refractivity (Wildman–Crippen MR) is 82.0 cm³/mol. The standard InChI is InChI=1S/C16H23N3O2/c1-10-3-4-13-16(11(10)2)18-15(17-13)8-19-6-5-12(9-20)14(21)7-19/h3-4,12,14,20-21H,5-9H2,1-2H3,(H,17,18)/t12-,14+/m0/s1. The van der Waals surface area contributed by atoms with Crippen molar-refractivity contribution in [3.8, 4) is 0 Å². The van der Waals surface area contributed by atoms with Gasteiger partial charge in [-0.2, -0.15) is 0 Å². The summed E-state index contributed by atoms with van der Waals surface area (Å²) in [7, 11) is 0. The third-order valence-corrected chi connectivity index (χ3v) is 4.64. The van der Waals surface area contributed by atoms with Crippen LogP contribution in [0.15, 0.2) is 12.1 Å². The molecule has 114 valence electrons. The number of likely N-dealkylation sites (tertiary alicyclic amines) is 1. The van der Waals surface area contributed by atoms with Gasteiger partial charge in [0.2, 0.25) is 0 Å². The van der Waals surface area contributed by atoms with Gasteiger partial charge in [0.25, 0.3) is 0 Å². The normalized spacial score (nSPS) is 23.8. The summed E-state index contributed by atoms with van der Waals surface area (Å²) in [5.74, 6) is 0.954. The number of piperidine rings is 1. The summed E-state index contributed by atoms with van der Waals surface area (Å²) >= 11 is 0. The van der Waals surface area contributed by atoms with Crippen molar-refractivity contribution >= 4 is 11.0 Å². The number of β-amino-alcohol motifs (C(OH)–C–C–N with tert-alkyl or cyclic N) is 1. The second-order valence-corrected chi connectivity index (χ2v) is 6.12. The number of aliphatic hydroxyl groups is 2. The lowest BCUT2D eigenvalue weighted by atomic mass is 9.95. The van der Waals surface area contributed by atoms with E-state index in [1.54, 1.807) is 0 Å². The molecule has 2 atom stereocenters. The highest BCUT2D eigenvalue weighted by Gasteiger charge is 2.27. The maximum atomic E-state index is 10.0. The minimum Gasteiger partial charge on any atom is -0.396 e. The van der Waals surface area contributed by atoms with E-state index < -0.39 is 6.10 Å². The number of imidazole rings is 1. The van der Waals surface area contributed by atoms with Gasteiger partial charge in [-0.3, -0.25) is 4.90 Å². The van der Waals surface area contributed by atoms with Crippen LogP contribution in [0.2, 0.25) is 0 Å². The van der Waals surface area contributed by atoms with Gasteiger partial charge >= 0.3 is 0 Å². The number of hydrogen-bond acceptors (Lipinski definition) is 4. The molecule has 1 aliphatic heterocycles. The molecule has 3 rings (SSSR count). The molecule has 0 aliphatic carbocycles. The lowest BCUT2D eigenvalue weighted by Crippen LogP contribution is -2.44. The van der Waals surface area contributed by atoms with Gasteiger partial charge in [0.05, 0.1) is 23.7 Å². The molecule has 2 heterocycles. The first kappa shape index (κ1) is 14.5. The van der Waals surface area contributed by atoms with Crippen molar-refractivity contribution in [3.63, 3.8) is 0 Å². The largest absolute Gasteiger partial charge is 0.396 e. The second kappa shape index (κ2) is 5.75. The molecule has 1 saturated heterocycles. The number of H-pyrrole nitrogens is 1. The first-order valence-corrected chi connectivity index (χ1v) is 7.54. The van der Waals surface area contributed by atoms with Crippen molar-refractivity contribution in [1.82, 2.24) is 14.9 Å². The number of rotatable bonds is 3. The Hall–Kier alpha value is -1.43. The molecule has 3 N–H and O–H groups in total. The SMILES string of the molecule is Cc1ccc2[nH]c(CN3CC[C@@H](CO)[C@H](O)C3)nc2c1C. The minimum atomic E-state index is -0.447. The van der Waals surface area contributed by atoms with Crippen LogP contribution in [0, 0.1) is 19.8 Å². The van der Waals surface area contributed by atoms with Crippen LogP contribution in [-0.2, 0) is 6.54 Å². The molecule has 1 aliphatic rings. The van der Waals surface area contributed by atoms with Gasteiger partial charge in [-0.25, -0.2) is 4.98 Å². The van der Waals surface area contributed by atoms with Crippen LogP contribution in [0.25, 0.3) is 11.0 Å². The zero-order valence-electron chi connectivity index (χ0n) is 12.6. The predicted octanol–water partition coefficient (Wildman–Crippen LogP) is 1.35. The summed E-state index contributed by atoms with van der Waals surface area (Å²) in [5.41, 5.74) is 4.57. The highest BCUT2D eigenvalue weighted by Crippen LogP contribution is 2.22. The number of fused-ring (bicyclic) bond motifs is 1. The zero-order valence-corrected chi connectivity index (χ0v) is 12.6. The molecule has 0 amide bonds. The zero-order chi connectivity index (χ0) is 15.0. The Labute approximate surface area is 124 Å². The van der Waals surface area contributed by atoms with Crippen LogP contribution >= 0.6 is 0 Å². The average molecular weight is 289 g/mol. The second-order valence-electron chi connectivity index (χ2n) is 6.12. The van der Waals surface area contributed by atoms with E-state index in [-0.39, 0.29) is 12.5 Å². The Kier molecular flexibility index (Phi) is 3.97. The van der Waals surface area contributed by atoms with E-state index in [1.165, 1.54) is 11.1 Å². The Morgan fingerprint density at radius 3 is 2.90 bits per heavy atom. The smallest absolute Gasteiger partial charge is 0.121 e. The number of aromatic amines is 1. The van der Waals surface area contributed by atoms with Crippen LogP contribution in [0.5, 0.6) is 0 Å². The molecule has 5 heteroatoms. The van der Waals surface area contributed by atoms with Crippen LogP contribution in [0.4, 0.5) is 0 Å². The van der Waals surface area contributed by atoms with Crippen LogP contribution in [-0.4, -0.2) is 50.9 Å². The Balaban J connectivity index is 1.75. The molecule has 0 radical (unpaired) electrons. The van der Waals surface area contributed by atoms with E-state index in [1.807, 2.05) is 0 Å². The van der Waals surface area contributed by atoms with Gasteiger partial charge in [-0.1, -0.05) is 6.07 Å². The molecule has 0 unspecified atom stereocenters. The molecule has 5 nitrogen and oxygen atoms in total. The molecule has 1 aromatic heterocycles. The minimum absolute atomic E-state index is 0.0156. The number of nitrogens with zero attached hydrogens (tertiary/aromatic N) is 2. The Morgan fingerprint density at radius 1 is 1.38 bits per heavy atom. The molecule has 1 aromatic carbocycles. The Morgan fingerprint density at radius 2 is 2.19 bits per heavy atom. The topological polar surface area (TPSA) is 72.4 Å². The summed E-state index contributed by atoms with van der Waals surface area (Å²) in [6.45, 7) is 6.45. The maximum absolute atomic E-state index is 10.0. The number of nitrogens with one attached hydrogen (secondary N) is 1. The lowest BCUT2D eigenvalue weighted by Gasteiger charge is -2.34. The van der Waals surface area contributed by atoms with Crippen molar-refractivity contribution in [2.75, 3.05) is 19.7 Å². The molecule has 1 fully saturated rings. The van der Waals surface area contributed by atoms with Gasteiger partial charge in [0.1, 0.15) is 5.82 Å². The highest BCUT2D eigenvalue weighted by atomic mass is 16.3. The fourth-order valence-corrected chi connectivity index (χ4v) is 3.05. The maximum Gasteiger partial charge on any atom is 0.121 e. The van der Waals surface area contributed by atoms with E-state index in [4.69, 9.17) is 4.98 Å². The number of benzene rings is 1. The number of aromatic nitrogens is 2. The third kappa shape index (κ3) is 2.81. The lowest BCUT2D eigenvalue weighted by molar-refractivity contribution is -0.00507. The number of aryl methyl sites for hydroxylation is 2. The summed E-state index contributed by atoms with van der Waals surface area (Å²) in [5, 5.41) is 19.2. The Bertz CT molecular complexity index is 638. The summed E-state index contributed by atoms with van der Waals surface area (Å²) in [6.07, 6.45) is 0.382. The molecular weight excluding hydrogens is 266 g/mol. The van der Waals surface area contributed by atoms with E-state index in [0.29, 0.717) is 13.1 Å². The summed E-state index contributed by atoms with van der Waals surface area (Å²) < 4.78 is 0. The molecule has 2 aromatic rings. The summed E-state index contributed by atoms with van der Waals surface area (Å²) in [4.78, 5) is 10.3. The van der Waals surface area contributed by atoms with Crippen LogP contribution < -0.4 is 0 Å². The van der Waals surface area contributed by atoms with Crippen molar-refractivity contribution in [2.45, 2.75) is 32.9 Å². The molecule has 0 spiro atoms. The highest BCUT2D eigenvalue weighted by molar-refractivity contribution is 5.79. The van der Waals surface area contributed by atoms with E-state index in [2.05, 4.69) is 35.9 Å². The molecule has 21 heavy (non-hydrogen) atoms. The third-order valence-electron chi connectivity index (χ3n) is 4.64. The first-order chi connectivity index (χ1) is 10.1. The fraction of sp³-hybridized carbons (Fsp3) is 0.562. The fourth-order valence-electron chi connectivity index (χ4n) is 3.05. The monoisotopic (exact) mass is 289 g/mol. The van der Waals surface area contributed by atoms with Crippen LogP contribution in [0.1, 0.15) is 23.4 Å². The molecular formula is C16H23N3O2. The van der Waals surface area contributed by atoms with Crippen molar-refractivity contribution in [2.24, 2.45) is 5.92 Å². The first-order valence-electron chi connectivity index (χ1n) is 7.54. The van der Waals surface area contributed by atoms with Gasteiger partial charge in [0, 0.05) is 19.1 Å². The number of hydrogen-bond donors (Lipinski definition) is 3. The van der Waals surface area contributed by atoms with E-state index in [9.17, 15) is 10.2 Å². The average Bonchev–Trinajstić information content (AvgIpc) is 2.87.